The molecule has 0 aliphatic carbocycles. The molecular formula is C15H20FN3. The van der Waals surface area contributed by atoms with E-state index in [0.717, 1.165) is 29.8 Å². The molecule has 1 aromatic carbocycles. The Hall–Kier alpha value is -1.68. The van der Waals surface area contributed by atoms with E-state index in [1.807, 2.05) is 43.9 Å². The fraction of sp³-hybridized carbons (Fsp3) is 0.400. The van der Waals surface area contributed by atoms with Crippen molar-refractivity contribution in [3.05, 3.63) is 53.4 Å². The zero-order chi connectivity index (χ0) is 13.8. The van der Waals surface area contributed by atoms with Crippen LogP contribution in [0.1, 0.15) is 29.4 Å². The molecule has 0 bridgehead atoms. The molecule has 4 heteroatoms. The third kappa shape index (κ3) is 3.20. The highest BCUT2D eigenvalue weighted by atomic mass is 19.1. The van der Waals surface area contributed by atoms with Gasteiger partial charge in [-0.3, -0.25) is 0 Å². The second-order valence-electron chi connectivity index (χ2n) is 4.86. The first-order valence-electron chi connectivity index (χ1n) is 6.51. The van der Waals surface area contributed by atoms with E-state index in [0.29, 0.717) is 0 Å². The van der Waals surface area contributed by atoms with Gasteiger partial charge in [0.15, 0.2) is 0 Å². The van der Waals surface area contributed by atoms with Crippen LogP contribution in [0, 0.1) is 12.7 Å². The van der Waals surface area contributed by atoms with Gasteiger partial charge in [-0.25, -0.2) is 9.37 Å². The SMILES string of the molecule is CNC(CCc1nccn1C)c1ccc(C)cc1F. The fourth-order valence-electron chi connectivity index (χ4n) is 2.28. The molecule has 1 aromatic heterocycles. The lowest BCUT2D eigenvalue weighted by Crippen LogP contribution is -2.19. The van der Waals surface area contributed by atoms with E-state index in [1.54, 1.807) is 12.3 Å². The van der Waals surface area contributed by atoms with Crippen LogP contribution in [0.15, 0.2) is 30.6 Å². The molecule has 19 heavy (non-hydrogen) atoms. The van der Waals surface area contributed by atoms with Crippen molar-refractivity contribution < 1.29 is 4.39 Å². The Kier molecular flexibility index (Phi) is 4.32. The highest BCUT2D eigenvalue weighted by Crippen LogP contribution is 2.22. The molecule has 0 aliphatic heterocycles. The van der Waals surface area contributed by atoms with Crippen LogP contribution in [0.5, 0.6) is 0 Å². The molecule has 0 aliphatic rings. The molecule has 3 nitrogen and oxygen atoms in total. The largest absolute Gasteiger partial charge is 0.338 e. The molecule has 2 aromatic rings. The van der Waals surface area contributed by atoms with Crippen LogP contribution in [-0.2, 0) is 13.5 Å². The van der Waals surface area contributed by atoms with Crippen molar-refractivity contribution in [1.82, 2.24) is 14.9 Å². The van der Waals surface area contributed by atoms with Crippen molar-refractivity contribution in [1.29, 1.82) is 0 Å². The van der Waals surface area contributed by atoms with E-state index in [-0.39, 0.29) is 11.9 Å². The molecular weight excluding hydrogens is 241 g/mol. The van der Waals surface area contributed by atoms with E-state index in [4.69, 9.17) is 0 Å². The number of aromatic nitrogens is 2. The van der Waals surface area contributed by atoms with E-state index in [2.05, 4.69) is 10.3 Å². The van der Waals surface area contributed by atoms with Crippen LogP contribution in [0.25, 0.3) is 0 Å². The van der Waals surface area contributed by atoms with E-state index < -0.39 is 0 Å². The Balaban J connectivity index is 2.10. The summed E-state index contributed by atoms with van der Waals surface area (Å²) in [5, 5.41) is 3.18. The summed E-state index contributed by atoms with van der Waals surface area (Å²) >= 11 is 0. The first-order chi connectivity index (χ1) is 9.11. The molecule has 0 fully saturated rings. The number of aryl methyl sites for hydroxylation is 3. The maximum atomic E-state index is 14.0. The van der Waals surface area contributed by atoms with Gasteiger partial charge in [0.1, 0.15) is 11.6 Å². The lowest BCUT2D eigenvalue weighted by atomic mass is 10.00. The predicted molar refractivity (Wildman–Crippen MR) is 74.5 cm³/mol. The summed E-state index contributed by atoms with van der Waals surface area (Å²) in [4.78, 5) is 4.29. The van der Waals surface area contributed by atoms with Gasteiger partial charge in [0.05, 0.1) is 0 Å². The maximum Gasteiger partial charge on any atom is 0.128 e. The Bertz CT molecular complexity index is 548. The van der Waals surface area contributed by atoms with Crippen molar-refractivity contribution in [3.8, 4) is 0 Å². The number of hydrogen-bond acceptors (Lipinski definition) is 2. The lowest BCUT2D eigenvalue weighted by Gasteiger charge is -2.17. The Morgan fingerprint density at radius 2 is 2.21 bits per heavy atom. The van der Waals surface area contributed by atoms with Gasteiger partial charge in [0.25, 0.3) is 0 Å². The van der Waals surface area contributed by atoms with Gasteiger partial charge < -0.3 is 9.88 Å². The maximum absolute atomic E-state index is 14.0. The molecule has 2 rings (SSSR count). The van der Waals surface area contributed by atoms with Gasteiger partial charge in [-0.05, 0) is 32.0 Å². The monoisotopic (exact) mass is 261 g/mol. The van der Waals surface area contributed by atoms with E-state index in [9.17, 15) is 4.39 Å². The first-order valence-corrected chi connectivity index (χ1v) is 6.51. The summed E-state index contributed by atoms with van der Waals surface area (Å²) in [5.41, 5.74) is 1.67. The van der Waals surface area contributed by atoms with Crippen molar-refractivity contribution in [2.75, 3.05) is 7.05 Å². The molecule has 0 saturated heterocycles. The van der Waals surface area contributed by atoms with Gasteiger partial charge in [-0.1, -0.05) is 12.1 Å². The van der Waals surface area contributed by atoms with Crippen LogP contribution in [0.4, 0.5) is 4.39 Å². The molecule has 1 atom stereocenters. The average Bonchev–Trinajstić information content (AvgIpc) is 2.78. The van der Waals surface area contributed by atoms with Gasteiger partial charge in [0.2, 0.25) is 0 Å². The fourth-order valence-corrected chi connectivity index (χ4v) is 2.28. The minimum Gasteiger partial charge on any atom is -0.338 e. The third-order valence-electron chi connectivity index (χ3n) is 3.46. The number of nitrogens with one attached hydrogen (secondary N) is 1. The molecule has 1 unspecified atom stereocenters. The predicted octanol–water partition coefficient (Wildman–Crippen LogP) is 2.76. The zero-order valence-corrected chi connectivity index (χ0v) is 11.7. The van der Waals surface area contributed by atoms with Crippen LogP contribution in [0.3, 0.4) is 0 Å². The molecule has 0 amide bonds. The quantitative estimate of drug-likeness (QED) is 0.897. The molecule has 1 N–H and O–H groups in total. The number of rotatable bonds is 5. The van der Waals surface area contributed by atoms with Crippen LogP contribution >= 0.6 is 0 Å². The lowest BCUT2D eigenvalue weighted by molar-refractivity contribution is 0.500. The zero-order valence-electron chi connectivity index (χ0n) is 11.7. The van der Waals surface area contributed by atoms with Crippen LogP contribution < -0.4 is 5.32 Å². The van der Waals surface area contributed by atoms with Crippen LogP contribution in [-0.4, -0.2) is 16.6 Å². The summed E-state index contributed by atoms with van der Waals surface area (Å²) in [6.45, 7) is 1.90. The summed E-state index contributed by atoms with van der Waals surface area (Å²) in [6.07, 6.45) is 5.36. The summed E-state index contributed by atoms with van der Waals surface area (Å²) in [6, 6.07) is 5.41. The van der Waals surface area contributed by atoms with Crippen molar-refractivity contribution >= 4 is 0 Å². The summed E-state index contributed by atoms with van der Waals surface area (Å²) in [5.74, 6) is 0.881. The molecule has 0 radical (unpaired) electrons. The minimum atomic E-state index is -0.140. The summed E-state index contributed by atoms with van der Waals surface area (Å²) < 4.78 is 16.0. The van der Waals surface area contributed by atoms with Gasteiger partial charge in [0, 0.05) is 37.5 Å². The van der Waals surface area contributed by atoms with Gasteiger partial charge in [-0.15, -0.1) is 0 Å². The number of imidazole rings is 1. The van der Waals surface area contributed by atoms with Crippen LogP contribution in [0.2, 0.25) is 0 Å². The highest BCUT2D eigenvalue weighted by Gasteiger charge is 2.14. The molecule has 0 spiro atoms. The minimum absolute atomic E-state index is 0.0114. The van der Waals surface area contributed by atoms with E-state index >= 15 is 0 Å². The van der Waals surface area contributed by atoms with Crippen molar-refractivity contribution in [3.63, 3.8) is 0 Å². The normalized spacial score (nSPS) is 12.6. The summed E-state index contributed by atoms with van der Waals surface area (Å²) in [7, 11) is 3.84. The number of nitrogens with zero attached hydrogens (tertiary/aromatic N) is 2. The topological polar surface area (TPSA) is 29.9 Å². The molecule has 0 saturated carbocycles. The molecule has 102 valence electrons. The molecule has 1 heterocycles. The van der Waals surface area contributed by atoms with Gasteiger partial charge in [-0.2, -0.15) is 0 Å². The van der Waals surface area contributed by atoms with Crippen molar-refractivity contribution in [2.24, 2.45) is 7.05 Å². The van der Waals surface area contributed by atoms with Gasteiger partial charge >= 0.3 is 0 Å². The average molecular weight is 261 g/mol. The Labute approximate surface area is 113 Å². The Morgan fingerprint density at radius 1 is 1.42 bits per heavy atom. The Morgan fingerprint density at radius 3 is 2.79 bits per heavy atom. The second kappa shape index (κ2) is 5.97. The number of benzene rings is 1. The first kappa shape index (κ1) is 13.7. The third-order valence-corrected chi connectivity index (χ3v) is 3.46. The van der Waals surface area contributed by atoms with E-state index in [1.165, 1.54) is 0 Å². The smallest absolute Gasteiger partial charge is 0.128 e. The van der Waals surface area contributed by atoms with Crippen molar-refractivity contribution in [2.45, 2.75) is 25.8 Å². The number of hydrogen-bond donors (Lipinski definition) is 1. The number of halogens is 1. The standard InChI is InChI=1S/C15H20FN3/c1-11-4-5-12(13(16)10-11)14(17-2)6-7-15-18-8-9-19(15)3/h4-5,8-10,14,17H,6-7H2,1-3H3. The second-order valence-corrected chi connectivity index (χ2v) is 4.86. The highest BCUT2D eigenvalue weighted by molar-refractivity contribution is 5.26.